The fraction of sp³-hybridized carbons (Fsp3) is 0.875. The van der Waals surface area contributed by atoms with E-state index in [1.54, 1.807) is 0 Å². The second kappa shape index (κ2) is 7.37. The van der Waals surface area contributed by atoms with E-state index >= 15 is 0 Å². The Bertz CT molecular complexity index is 283. The monoisotopic (exact) mass is 272 g/mol. The van der Waals surface area contributed by atoms with Crippen molar-refractivity contribution in [3.63, 3.8) is 0 Å². The number of allylic oxidation sites excluding steroid dienone is 1. The maximum absolute atomic E-state index is 12.2. The van der Waals surface area contributed by atoms with Crippen LogP contribution in [0.4, 0.5) is 8.78 Å². The molecule has 2 aliphatic rings. The van der Waals surface area contributed by atoms with E-state index in [1.807, 2.05) is 0 Å². The Hall–Kier alpha value is -0.440. The zero-order chi connectivity index (χ0) is 13.7. The van der Waals surface area contributed by atoms with Crippen molar-refractivity contribution < 1.29 is 13.5 Å². The van der Waals surface area contributed by atoms with Gasteiger partial charge >= 0.3 is 0 Å². The van der Waals surface area contributed by atoms with Gasteiger partial charge in [-0.05, 0) is 82.1 Å². The molecule has 3 heteroatoms. The van der Waals surface area contributed by atoms with Crippen molar-refractivity contribution in [2.75, 3.05) is 6.61 Å². The van der Waals surface area contributed by atoms with Gasteiger partial charge in [0.2, 0.25) is 0 Å². The Morgan fingerprint density at radius 3 is 1.95 bits per heavy atom. The molecular formula is C16H26F2O. The molecule has 0 saturated heterocycles. The molecule has 2 aliphatic carbocycles. The van der Waals surface area contributed by atoms with E-state index in [0.717, 1.165) is 44.1 Å². The maximum atomic E-state index is 12.2. The molecular weight excluding hydrogens is 246 g/mol. The Morgan fingerprint density at radius 1 is 0.947 bits per heavy atom. The molecule has 0 aliphatic heterocycles. The SMILES string of the molecule is CCOC1CCC(C2CCC(C=C(F)F)CC2)CC1. The highest BCUT2D eigenvalue weighted by Gasteiger charge is 2.30. The minimum atomic E-state index is -1.50. The summed E-state index contributed by atoms with van der Waals surface area (Å²) in [5, 5.41) is 0. The lowest BCUT2D eigenvalue weighted by Gasteiger charge is -2.37. The molecule has 0 radical (unpaired) electrons. The minimum Gasteiger partial charge on any atom is -0.379 e. The number of ether oxygens (including phenoxy) is 1. The van der Waals surface area contributed by atoms with Gasteiger partial charge in [-0.3, -0.25) is 0 Å². The first-order valence-corrected chi connectivity index (χ1v) is 7.83. The molecule has 0 heterocycles. The van der Waals surface area contributed by atoms with E-state index in [4.69, 9.17) is 4.74 Å². The molecule has 110 valence electrons. The van der Waals surface area contributed by atoms with E-state index < -0.39 is 6.08 Å². The van der Waals surface area contributed by atoms with Gasteiger partial charge in [0.05, 0.1) is 6.10 Å². The molecule has 0 spiro atoms. The van der Waals surface area contributed by atoms with Crippen LogP contribution in [-0.4, -0.2) is 12.7 Å². The fourth-order valence-corrected chi connectivity index (χ4v) is 3.92. The van der Waals surface area contributed by atoms with Crippen LogP contribution in [0.5, 0.6) is 0 Å². The summed E-state index contributed by atoms with van der Waals surface area (Å²) < 4.78 is 30.2. The lowest BCUT2D eigenvalue weighted by Crippen LogP contribution is -2.28. The van der Waals surface area contributed by atoms with Crippen molar-refractivity contribution in [3.8, 4) is 0 Å². The molecule has 19 heavy (non-hydrogen) atoms. The first-order valence-electron chi connectivity index (χ1n) is 7.83. The zero-order valence-electron chi connectivity index (χ0n) is 11.9. The van der Waals surface area contributed by atoms with Crippen molar-refractivity contribution in [3.05, 3.63) is 12.2 Å². The molecule has 0 unspecified atom stereocenters. The van der Waals surface area contributed by atoms with Crippen LogP contribution in [0.15, 0.2) is 12.2 Å². The molecule has 2 rings (SSSR count). The van der Waals surface area contributed by atoms with Gasteiger partial charge in [-0.15, -0.1) is 0 Å². The van der Waals surface area contributed by atoms with Crippen LogP contribution in [0.2, 0.25) is 0 Å². The molecule has 0 aromatic heterocycles. The Morgan fingerprint density at radius 2 is 1.47 bits per heavy atom. The third-order valence-electron chi connectivity index (χ3n) is 4.97. The van der Waals surface area contributed by atoms with E-state index in [-0.39, 0.29) is 5.92 Å². The van der Waals surface area contributed by atoms with Crippen LogP contribution < -0.4 is 0 Å². The van der Waals surface area contributed by atoms with Gasteiger partial charge in [0, 0.05) is 6.61 Å². The van der Waals surface area contributed by atoms with E-state index in [9.17, 15) is 8.78 Å². The summed E-state index contributed by atoms with van der Waals surface area (Å²) >= 11 is 0. The third-order valence-corrected chi connectivity index (χ3v) is 4.97. The Balaban J connectivity index is 1.72. The maximum Gasteiger partial charge on any atom is 0.266 e. The lowest BCUT2D eigenvalue weighted by molar-refractivity contribution is 0.0142. The number of hydrogen-bond acceptors (Lipinski definition) is 1. The molecule has 0 bridgehead atoms. The molecule has 2 fully saturated rings. The summed E-state index contributed by atoms with van der Waals surface area (Å²) in [6, 6.07) is 0. The average molecular weight is 272 g/mol. The van der Waals surface area contributed by atoms with Crippen molar-refractivity contribution in [1.29, 1.82) is 0 Å². The molecule has 2 saturated carbocycles. The van der Waals surface area contributed by atoms with Crippen molar-refractivity contribution in [1.82, 2.24) is 0 Å². The van der Waals surface area contributed by atoms with Crippen LogP contribution in [0, 0.1) is 17.8 Å². The van der Waals surface area contributed by atoms with Crippen LogP contribution in [0.25, 0.3) is 0 Å². The number of halogens is 2. The zero-order valence-corrected chi connectivity index (χ0v) is 11.9. The minimum absolute atomic E-state index is 0.126. The largest absolute Gasteiger partial charge is 0.379 e. The molecule has 0 aromatic carbocycles. The summed E-state index contributed by atoms with van der Waals surface area (Å²) in [5.41, 5.74) is 0. The van der Waals surface area contributed by atoms with Gasteiger partial charge in [0.25, 0.3) is 6.08 Å². The topological polar surface area (TPSA) is 9.23 Å². The van der Waals surface area contributed by atoms with Gasteiger partial charge < -0.3 is 4.74 Å². The number of hydrogen-bond donors (Lipinski definition) is 0. The summed E-state index contributed by atoms with van der Waals surface area (Å²) in [6.07, 6.45) is 9.25. The van der Waals surface area contributed by atoms with Crippen molar-refractivity contribution >= 4 is 0 Å². The third kappa shape index (κ3) is 4.55. The molecule has 0 aromatic rings. The van der Waals surface area contributed by atoms with Crippen LogP contribution >= 0.6 is 0 Å². The van der Waals surface area contributed by atoms with E-state index in [0.29, 0.717) is 6.10 Å². The predicted molar refractivity (Wildman–Crippen MR) is 73.1 cm³/mol. The van der Waals surface area contributed by atoms with Gasteiger partial charge in [-0.25, -0.2) is 0 Å². The Labute approximate surface area is 115 Å². The Kier molecular flexibility index (Phi) is 5.80. The van der Waals surface area contributed by atoms with Crippen molar-refractivity contribution in [2.24, 2.45) is 17.8 Å². The van der Waals surface area contributed by atoms with Gasteiger partial charge in [-0.2, -0.15) is 8.78 Å². The molecule has 0 atom stereocenters. The van der Waals surface area contributed by atoms with Gasteiger partial charge in [-0.1, -0.05) is 0 Å². The van der Waals surface area contributed by atoms with Gasteiger partial charge in [0.15, 0.2) is 0 Å². The molecule has 1 nitrogen and oxygen atoms in total. The second-order valence-electron chi connectivity index (χ2n) is 6.12. The molecule has 0 N–H and O–H groups in total. The highest BCUT2D eigenvalue weighted by Crippen LogP contribution is 2.41. The predicted octanol–water partition coefficient (Wildman–Crippen LogP) is 5.17. The quantitative estimate of drug-likeness (QED) is 0.686. The smallest absolute Gasteiger partial charge is 0.266 e. The summed E-state index contributed by atoms with van der Waals surface area (Å²) in [7, 11) is 0. The van der Waals surface area contributed by atoms with E-state index in [1.165, 1.54) is 31.8 Å². The first-order chi connectivity index (χ1) is 9.19. The summed E-state index contributed by atoms with van der Waals surface area (Å²) in [4.78, 5) is 0. The normalized spacial score (nSPS) is 35.9. The average Bonchev–Trinajstić information content (AvgIpc) is 2.40. The second-order valence-corrected chi connectivity index (χ2v) is 6.12. The standard InChI is InChI=1S/C16H26F2O/c1-2-19-15-9-7-14(8-10-15)13-5-3-12(4-6-13)11-16(17)18/h11-15H,2-10H2,1H3. The highest BCUT2D eigenvalue weighted by atomic mass is 19.3. The summed E-state index contributed by atoms with van der Waals surface area (Å²) in [5.74, 6) is 1.72. The van der Waals surface area contributed by atoms with Crippen molar-refractivity contribution in [2.45, 2.75) is 64.4 Å². The van der Waals surface area contributed by atoms with Gasteiger partial charge in [0.1, 0.15) is 0 Å². The summed E-state index contributed by atoms with van der Waals surface area (Å²) in [6.45, 7) is 2.88. The first kappa shape index (κ1) is 15.0. The fourth-order valence-electron chi connectivity index (χ4n) is 3.92. The highest BCUT2D eigenvalue weighted by molar-refractivity contribution is 4.92. The van der Waals surface area contributed by atoms with Crippen LogP contribution in [-0.2, 0) is 4.74 Å². The van der Waals surface area contributed by atoms with Crippen LogP contribution in [0.1, 0.15) is 58.3 Å². The van der Waals surface area contributed by atoms with E-state index in [2.05, 4.69) is 6.92 Å². The lowest BCUT2D eigenvalue weighted by atomic mass is 9.70. The molecule has 0 amide bonds. The number of rotatable bonds is 4. The van der Waals surface area contributed by atoms with Crippen LogP contribution in [0.3, 0.4) is 0 Å².